The van der Waals surface area contributed by atoms with Gasteiger partial charge in [0.15, 0.2) is 0 Å². The van der Waals surface area contributed by atoms with Crippen LogP contribution in [0.1, 0.15) is 23.7 Å². The molecule has 15 heavy (non-hydrogen) atoms. The van der Waals surface area contributed by atoms with Gasteiger partial charge in [-0.15, -0.1) is 16.4 Å². The van der Waals surface area contributed by atoms with Crippen LogP contribution in [0.5, 0.6) is 0 Å². The van der Waals surface area contributed by atoms with E-state index in [0.717, 1.165) is 10.7 Å². The summed E-state index contributed by atoms with van der Waals surface area (Å²) in [6.45, 7) is 2.81. The molecular weight excluding hydrogens is 210 g/mol. The Morgan fingerprint density at radius 3 is 3.07 bits per heavy atom. The minimum absolute atomic E-state index is 0.256. The topological polar surface area (TPSA) is 55.6 Å². The third-order valence-corrected chi connectivity index (χ3v) is 3.02. The summed E-state index contributed by atoms with van der Waals surface area (Å²) >= 11 is 1.66. The Morgan fingerprint density at radius 1 is 1.60 bits per heavy atom. The third kappa shape index (κ3) is 2.60. The lowest BCUT2D eigenvalue weighted by atomic mass is 10.3. The molecule has 0 saturated heterocycles. The molecule has 2 heterocycles. The number of rotatable bonds is 4. The molecule has 1 atom stereocenters. The fourth-order valence-electron chi connectivity index (χ4n) is 1.27. The predicted molar refractivity (Wildman–Crippen MR) is 58.4 cm³/mol. The van der Waals surface area contributed by atoms with Gasteiger partial charge in [-0.05, 0) is 6.92 Å². The van der Waals surface area contributed by atoms with Crippen LogP contribution in [0.3, 0.4) is 0 Å². The molecule has 0 aliphatic heterocycles. The Kier molecular flexibility index (Phi) is 3.08. The standard InChI is InChI=1S/C9H13N5S/c1-7(9-10-3-4-15-9)11-5-8-6-14(2)13-12-8/h3-4,6-7,11H,5H2,1-2H3. The van der Waals surface area contributed by atoms with E-state index in [9.17, 15) is 0 Å². The zero-order valence-corrected chi connectivity index (χ0v) is 9.53. The second kappa shape index (κ2) is 4.50. The van der Waals surface area contributed by atoms with Gasteiger partial charge in [-0.25, -0.2) is 4.98 Å². The zero-order chi connectivity index (χ0) is 10.7. The van der Waals surface area contributed by atoms with Gasteiger partial charge in [0.05, 0.1) is 11.7 Å². The highest BCUT2D eigenvalue weighted by Crippen LogP contribution is 2.14. The highest BCUT2D eigenvalue weighted by molar-refractivity contribution is 7.09. The summed E-state index contributed by atoms with van der Waals surface area (Å²) in [4.78, 5) is 4.25. The molecule has 0 aliphatic rings. The average Bonchev–Trinajstić information content (AvgIpc) is 2.84. The van der Waals surface area contributed by atoms with Crippen LogP contribution in [0.2, 0.25) is 0 Å². The van der Waals surface area contributed by atoms with Gasteiger partial charge >= 0.3 is 0 Å². The molecule has 0 radical (unpaired) electrons. The van der Waals surface area contributed by atoms with E-state index in [1.54, 1.807) is 16.0 Å². The number of nitrogens with zero attached hydrogens (tertiary/aromatic N) is 4. The summed E-state index contributed by atoms with van der Waals surface area (Å²) in [6.07, 6.45) is 3.72. The molecule has 2 aromatic rings. The van der Waals surface area contributed by atoms with E-state index in [4.69, 9.17) is 0 Å². The Balaban J connectivity index is 1.88. The molecule has 5 nitrogen and oxygen atoms in total. The van der Waals surface area contributed by atoms with Gasteiger partial charge in [-0.3, -0.25) is 4.68 Å². The van der Waals surface area contributed by atoms with Crippen LogP contribution in [0.25, 0.3) is 0 Å². The molecule has 0 bridgehead atoms. The smallest absolute Gasteiger partial charge is 0.109 e. The van der Waals surface area contributed by atoms with E-state index in [0.29, 0.717) is 6.54 Å². The fourth-order valence-corrected chi connectivity index (χ4v) is 1.94. The van der Waals surface area contributed by atoms with Crippen molar-refractivity contribution in [3.63, 3.8) is 0 Å². The molecule has 80 valence electrons. The number of nitrogens with one attached hydrogen (secondary N) is 1. The number of hydrogen-bond acceptors (Lipinski definition) is 5. The van der Waals surface area contributed by atoms with E-state index < -0.39 is 0 Å². The quantitative estimate of drug-likeness (QED) is 0.844. The van der Waals surface area contributed by atoms with Gasteiger partial charge in [-0.2, -0.15) is 0 Å². The maximum absolute atomic E-state index is 4.25. The molecule has 0 aromatic carbocycles. The molecule has 2 rings (SSSR count). The van der Waals surface area contributed by atoms with Crippen LogP contribution in [-0.2, 0) is 13.6 Å². The van der Waals surface area contributed by atoms with Crippen LogP contribution >= 0.6 is 11.3 Å². The molecule has 0 fully saturated rings. The van der Waals surface area contributed by atoms with Crippen molar-refractivity contribution in [2.24, 2.45) is 7.05 Å². The molecular formula is C9H13N5S. The van der Waals surface area contributed by atoms with Crippen molar-refractivity contribution >= 4 is 11.3 Å². The van der Waals surface area contributed by atoms with Gasteiger partial charge in [-0.1, -0.05) is 5.21 Å². The highest BCUT2D eigenvalue weighted by Gasteiger charge is 2.07. The van der Waals surface area contributed by atoms with E-state index in [2.05, 4.69) is 27.5 Å². The van der Waals surface area contributed by atoms with Gasteiger partial charge in [0.25, 0.3) is 0 Å². The number of aryl methyl sites for hydroxylation is 1. The van der Waals surface area contributed by atoms with Gasteiger partial charge in [0, 0.05) is 31.4 Å². The Morgan fingerprint density at radius 2 is 2.47 bits per heavy atom. The van der Waals surface area contributed by atoms with Crippen LogP contribution in [-0.4, -0.2) is 20.0 Å². The number of hydrogen-bond donors (Lipinski definition) is 1. The molecule has 0 aliphatic carbocycles. The summed E-state index contributed by atoms with van der Waals surface area (Å²) in [5, 5.41) is 14.3. The first-order valence-corrected chi connectivity index (χ1v) is 5.61. The van der Waals surface area contributed by atoms with Crippen molar-refractivity contribution in [2.75, 3.05) is 0 Å². The summed E-state index contributed by atoms with van der Waals surface area (Å²) in [6, 6.07) is 0.256. The van der Waals surface area contributed by atoms with Crippen molar-refractivity contribution < 1.29 is 0 Å². The molecule has 6 heteroatoms. The second-order valence-electron chi connectivity index (χ2n) is 3.36. The Labute approximate surface area is 92.2 Å². The van der Waals surface area contributed by atoms with Crippen molar-refractivity contribution in [1.82, 2.24) is 25.3 Å². The summed E-state index contributed by atoms with van der Waals surface area (Å²) in [5.41, 5.74) is 0.945. The molecule has 0 saturated carbocycles. The second-order valence-corrected chi connectivity index (χ2v) is 4.28. The maximum Gasteiger partial charge on any atom is 0.109 e. The molecule has 1 N–H and O–H groups in total. The SMILES string of the molecule is CC(NCc1cn(C)nn1)c1nccs1. The molecule has 0 spiro atoms. The van der Waals surface area contributed by atoms with E-state index in [1.165, 1.54) is 0 Å². The lowest BCUT2D eigenvalue weighted by Crippen LogP contribution is -2.18. The Hall–Kier alpha value is -1.27. The number of aromatic nitrogens is 4. The number of thiazole rings is 1. The van der Waals surface area contributed by atoms with E-state index in [1.807, 2.05) is 24.8 Å². The zero-order valence-electron chi connectivity index (χ0n) is 8.71. The van der Waals surface area contributed by atoms with Gasteiger partial charge < -0.3 is 5.32 Å². The maximum atomic E-state index is 4.25. The monoisotopic (exact) mass is 223 g/mol. The minimum atomic E-state index is 0.256. The molecule has 0 amide bonds. The molecule has 1 unspecified atom stereocenters. The molecule has 2 aromatic heterocycles. The fraction of sp³-hybridized carbons (Fsp3) is 0.444. The van der Waals surface area contributed by atoms with Crippen molar-refractivity contribution in [3.05, 3.63) is 28.5 Å². The Bertz CT molecular complexity index is 408. The first-order chi connectivity index (χ1) is 7.25. The van der Waals surface area contributed by atoms with Crippen LogP contribution < -0.4 is 5.32 Å². The third-order valence-electron chi connectivity index (χ3n) is 2.06. The predicted octanol–water partition coefficient (Wildman–Crippen LogP) is 1.12. The lowest BCUT2D eigenvalue weighted by molar-refractivity contribution is 0.564. The average molecular weight is 223 g/mol. The normalized spacial score (nSPS) is 12.9. The minimum Gasteiger partial charge on any atom is -0.302 e. The lowest BCUT2D eigenvalue weighted by Gasteiger charge is -2.08. The summed E-state index contributed by atoms with van der Waals surface area (Å²) < 4.78 is 1.70. The van der Waals surface area contributed by atoms with Crippen LogP contribution in [0.15, 0.2) is 17.8 Å². The van der Waals surface area contributed by atoms with E-state index in [-0.39, 0.29) is 6.04 Å². The van der Waals surface area contributed by atoms with E-state index >= 15 is 0 Å². The summed E-state index contributed by atoms with van der Waals surface area (Å²) in [7, 11) is 1.86. The van der Waals surface area contributed by atoms with Crippen molar-refractivity contribution in [2.45, 2.75) is 19.5 Å². The van der Waals surface area contributed by atoms with Crippen molar-refractivity contribution in [1.29, 1.82) is 0 Å². The highest BCUT2D eigenvalue weighted by atomic mass is 32.1. The first-order valence-electron chi connectivity index (χ1n) is 4.73. The summed E-state index contributed by atoms with van der Waals surface area (Å²) in [5.74, 6) is 0. The van der Waals surface area contributed by atoms with Gasteiger partial charge in [0.2, 0.25) is 0 Å². The van der Waals surface area contributed by atoms with Crippen LogP contribution in [0.4, 0.5) is 0 Å². The van der Waals surface area contributed by atoms with Crippen LogP contribution in [0, 0.1) is 0 Å². The van der Waals surface area contributed by atoms with Crippen molar-refractivity contribution in [3.8, 4) is 0 Å². The largest absolute Gasteiger partial charge is 0.302 e. The van der Waals surface area contributed by atoms with Gasteiger partial charge in [0.1, 0.15) is 5.01 Å². The first kappa shape index (κ1) is 10.3.